The van der Waals surface area contributed by atoms with Crippen LogP contribution in [0.15, 0.2) is 0 Å². The lowest BCUT2D eigenvalue weighted by Crippen LogP contribution is -2.56. The molecule has 0 radical (unpaired) electrons. The topological polar surface area (TPSA) is 32.3 Å². The highest BCUT2D eigenvalue weighted by Gasteiger charge is 2.46. The van der Waals surface area contributed by atoms with Crippen LogP contribution < -0.4 is 5.32 Å². The lowest BCUT2D eigenvalue weighted by Gasteiger charge is -2.43. The van der Waals surface area contributed by atoms with Crippen molar-refractivity contribution in [3.63, 3.8) is 0 Å². The summed E-state index contributed by atoms with van der Waals surface area (Å²) >= 11 is 1.99. The third-order valence-corrected chi connectivity index (χ3v) is 4.12. The SMILES string of the molecule is CC(C)N1C(=O)CNC12CCSCC2. The molecule has 4 heteroatoms. The quantitative estimate of drug-likeness (QED) is 0.708. The first kappa shape index (κ1) is 10.3. The standard InChI is InChI=1S/C10H18N2OS/c1-8(2)12-9(13)7-11-10(12)3-5-14-6-4-10/h8,11H,3-7H2,1-2H3. The fraction of sp³-hybridized carbons (Fsp3) is 0.900. The molecule has 2 heterocycles. The van der Waals surface area contributed by atoms with E-state index in [2.05, 4.69) is 24.1 Å². The zero-order valence-electron chi connectivity index (χ0n) is 8.88. The van der Waals surface area contributed by atoms with Crippen molar-refractivity contribution in [1.82, 2.24) is 10.2 Å². The Labute approximate surface area is 89.6 Å². The molecule has 0 aromatic rings. The number of carbonyl (C=O) groups is 1. The predicted octanol–water partition coefficient (Wildman–Crippen LogP) is 1.05. The van der Waals surface area contributed by atoms with E-state index in [4.69, 9.17) is 0 Å². The lowest BCUT2D eigenvalue weighted by molar-refractivity contribution is -0.132. The Bertz CT molecular complexity index is 236. The highest BCUT2D eigenvalue weighted by molar-refractivity contribution is 7.99. The van der Waals surface area contributed by atoms with Crippen LogP contribution in [-0.2, 0) is 4.79 Å². The summed E-state index contributed by atoms with van der Waals surface area (Å²) in [4.78, 5) is 13.8. The van der Waals surface area contributed by atoms with Crippen LogP contribution in [0.3, 0.4) is 0 Å². The van der Waals surface area contributed by atoms with Crippen molar-refractivity contribution in [2.45, 2.75) is 38.4 Å². The third-order valence-electron chi connectivity index (χ3n) is 3.13. The zero-order valence-corrected chi connectivity index (χ0v) is 9.69. The minimum absolute atomic E-state index is 0.00347. The lowest BCUT2D eigenvalue weighted by atomic mass is 10.0. The van der Waals surface area contributed by atoms with Gasteiger partial charge < -0.3 is 4.90 Å². The van der Waals surface area contributed by atoms with Gasteiger partial charge >= 0.3 is 0 Å². The van der Waals surface area contributed by atoms with Gasteiger partial charge in [-0.3, -0.25) is 10.1 Å². The van der Waals surface area contributed by atoms with E-state index >= 15 is 0 Å². The van der Waals surface area contributed by atoms with Gasteiger partial charge in [0.05, 0.1) is 12.2 Å². The molecule has 1 N–H and O–H groups in total. The van der Waals surface area contributed by atoms with E-state index in [0.29, 0.717) is 12.6 Å². The fourth-order valence-corrected chi connectivity index (χ4v) is 3.73. The number of rotatable bonds is 1. The number of hydrogen-bond donors (Lipinski definition) is 1. The second-order valence-corrected chi connectivity index (χ2v) is 5.58. The molecule has 2 rings (SSSR count). The van der Waals surface area contributed by atoms with E-state index in [1.54, 1.807) is 0 Å². The van der Waals surface area contributed by atoms with Crippen molar-refractivity contribution < 1.29 is 4.79 Å². The Hall–Kier alpha value is -0.220. The number of nitrogens with zero attached hydrogens (tertiary/aromatic N) is 1. The zero-order chi connectivity index (χ0) is 10.2. The van der Waals surface area contributed by atoms with Gasteiger partial charge in [-0.25, -0.2) is 0 Å². The molecule has 14 heavy (non-hydrogen) atoms. The minimum atomic E-state index is -0.00347. The molecule has 2 saturated heterocycles. The molecule has 0 unspecified atom stereocenters. The number of hydrogen-bond acceptors (Lipinski definition) is 3. The molecule has 2 aliphatic heterocycles. The fourth-order valence-electron chi connectivity index (χ4n) is 2.56. The van der Waals surface area contributed by atoms with Gasteiger partial charge in [0.25, 0.3) is 0 Å². The average molecular weight is 214 g/mol. The second-order valence-electron chi connectivity index (χ2n) is 4.35. The number of nitrogens with one attached hydrogen (secondary N) is 1. The van der Waals surface area contributed by atoms with E-state index < -0.39 is 0 Å². The Morgan fingerprint density at radius 1 is 1.43 bits per heavy atom. The normalized spacial score (nSPS) is 26.5. The highest BCUT2D eigenvalue weighted by Crippen LogP contribution is 2.34. The maximum Gasteiger partial charge on any atom is 0.238 e. The van der Waals surface area contributed by atoms with Crippen molar-refractivity contribution >= 4 is 17.7 Å². The van der Waals surface area contributed by atoms with Crippen LogP contribution in [0.1, 0.15) is 26.7 Å². The summed E-state index contributed by atoms with van der Waals surface area (Å²) in [6.45, 7) is 4.74. The molecule has 1 spiro atoms. The summed E-state index contributed by atoms with van der Waals surface area (Å²) in [5.74, 6) is 2.61. The first-order valence-corrected chi connectivity index (χ1v) is 6.46. The maximum atomic E-state index is 11.7. The predicted molar refractivity (Wildman–Crippen MR) is 59.3 cm³/mol. The van der Waals surface area contributed by atoms with Crippen LogP contribution in [0.25, 0.3) is 0 Å². The van der Waals surface area contributed by atoms with Gasteiger partial charge in [-0.2, -0.15) is 11.8 Å². The van der Waals surface area contributed by atoms with Crippen LogP contribution in [-0.4, -0.2) is 40.6 Å². The molecule has 0 saturated carbocycles. The first-order chi connectivity index (χ1) is 6.66. The summed E-state index contributed by atoms with van der Waals surface area (Å²) in [5.41, 5.74) is -0.00347. The Balaban J connectivity index is 2.20. The highest BCUT2D eigenvalue weighted by atomic mass is 32.2. The van der Waals surface area contributed by atoms with Crippen molar-refractivity contribution in [3.05, 3.63) is 0 Å². The largest absolute Gasteiger partial charge is 0.321 e. The average Bonchev–Trinajstić information content (AvgIpc) is 2.45. The molecule has 80 valence electrons. The maximum absolute atomic E-state index is 11.7. The van der Waals surface area contributed by atoms with Crippen LogP contribution >= 0.6 is 11.8 Å². The van der Waals surface area contributed by atoms with Crippen molar-refractivity contribution in [1.29, 1.82) is 0 Å². The molecule has 0 atom stereocenters. The molecular weight excluding hydrogens is 196 g/mol. The molecule has 3 nitrogen and oxygen atoms in total. The van der Waals surface area contributed by atoms with Gasteiger partial charge in [0.1, 0.15) is 0 Å². The summed E-state index contributed by atoms with van der Waals surface area (Å²) in [6, 6.07) is 0.320. The summed E-state index contributed by atoms with van der Waals surface area (Å²) < 4.78 is 0. The van der Waals surface area contributed by atoms with Gasteiger partial charge in [-0.15, -0.1) is 0 Å². The summed E-state index contributed by atoms with van der Waals surface area (Å²) in [7, 11) is 0. The second kappa shape index (κ2) is 3.74. The molecule has 2 aliphatic rings. The van der Waals surface area contributed by atoms with Crippen molar-refractivity contribution in [2.24, 2.45) is 0 Å². The molecule has 2 fully saturated rings. The van der Waals surface area contributed by atoms with Crippen LogP contribution in [0.4, 0.5) is 0 Å². The monoisotopic (exact) mass is 214 g/mol. The number of thioether (sulfide) groups is 1. The van der Waals surface area contributed by atoms with Gasteiger partial charge in [0, 0.05) is 6.04 Å². The van der Waals surface area contributed by atoms with E-state index in [-0.39, 0.29) is 11.6 Å². The Kier molecular flexibility index (Phi) is 2.75. The number of carbonyl (C=O) groups excluding carboxylic acids is 1. The van der Waals surface area contributed by atoms with Crippen LogP contribution in [0.2, 0.25) is 0 Å². The molecule has 1 amide bonds. The van der Waals surface area contributed by atoms with E-state index in [0.717, 1.165) is 12.8 Å². The van der Waals surface area contributed by atoms with Gasteiger partial charge in [-0.05, 0) is 38.2 Å². The minimum Gasteiger partial charge on any atom is -0.321 e. The Morgan fingerprint density at radius 3 is 2.64 bits per heavy atom. The van der Waals surface area contributed by atoms with Crippen LogP contribution in [0, 0.1) is 0 Å². The van der Waals surface area contributed by atoms with Crippen molar-refractivity contribution in [2.75, 3.05) is 18.1 Å². The van der Waals surface area contributed by atoms with Gasteiger partial charge in [0.2, 0.25) is 5.91 Å². The molecule has 0 bridgehead atoms. The molecule has 0 aliphatic carbocycles. The first-order valence-electron chi connectivity index (χ1n) is 5.31. The third kappa shape index (κ3) is 1.54. The van der Waals surface area contributed by atoms with Gasteiger partial charge in [0.15, 0.2) is 0 Å². The molecule has 0 aromatic heterocycles. The van der Waals surface area contributed by atoms with E-state index in [9.17, 15) is 4.79 Å². The summed E-state index contributed by atoms with van der Waals surface area (Å²) in [6.07, 6.45) is 2.20. The summed E-state index contributed by atoms with van der Waals surface area (Å²) in [5, 5.41) is 3.42. The Morgan fingerprint density at radius 2 is 2.07 bits per heavy atom. The van der Waals surface area contributed by atoms with Crippen molar-refractivity contribution in [3.8, 4) is 0 Å². The van der Waals surface area contributed by atoms with E-state index in [1.807, 2.05) is 11.8 Å². The van der Waals surface area contributed by atoms with Crippen LogP contribution in [0.5, 0.6) is 0 Å². The molecular formula is C10H18N2OS. The smallest absolute Gasteiger partial charge is 0.238 e. The number of amides is 1. The molecule has 0 aromatic carbocycles. The van der Waals surface area contributed by atoms with Gasteiger partial charge in [-0.1, -0.05) is 0 Å². The van der Waals surface area contributed by atoms with E-state index in [1.165, 1.54) is 11.5 Å².